The van der Waals surface area contributed by atoms with Gasteiger partial charge in [0.1, 0.15) is 6.04 Å². The number of rotatable bonds is 6. The number of carbonyl (C=O) groups is 2. The summed E-state index contributed by atoms with van der Waals surface area (Å²) in [6.45, 7) is 1.71. The Morgan fingerprint density at radius 2 is 1.82 bits per heavy atom. The van der Waals surface area contributed by atoms with E-state index in [0.717, 1.165) is 11.1 Å². The molecule has 0 unspecified atom stereocenters. The Kier molecular flexibility index (Phi) is 7.08. The number of nitrogens with zero attached hydrogens (tertiary/aromatic N) is 2. The van der Waals surface area contributed by atoms with E-state index in [1.165, 1.54) is 23.5 Å². The third-order valence-electron chi connectivity index (χ3n) is 5.89. The molecular formula is C23H27N3O6S. The van der Waals surface area contributed by atoms with Crippen LogP contribution in [-0.4, -0.2) is 75.5 Å². The number of hydrogen-bond acceptors (Lipinski definition) is 7. The molecule has 0 bridgehead atoms. The van der Waals surface area contributed by atoms with Crippen LogP contribution in [0, 0.1) is 0 Å². The molecule has 2 heterocycles. The second-order valence-corrected chi connectivity index (χ2v) is 9.95. The fourth-order valence-corrected chi connectivity index (χ4v) is 5.62. The van der Waals surface area contributed by atoms with Gasteiger partial charge in [-0.1, -0.05) is 30.3 Å². The molecule has 2 aromatic carbocycles. The van der Waals surface area contributed by atoms with Gasteiger partial charge in [0.15, 0.2) is 0 Å². The minimum Gasteiger partial charge on any atom is -0.468 e. The van der Waals surface area contributed by atoms with Crippen molar-refractivity contribution in [2.24, 2.45) is 0 Å². The van der Waals surface area contributed by atoms with E-state index < -0.39 is 22.0 Å². The van der Waals surface area contributed by atoms with Gasteiger partial charge < -0.3 is 14.8 Å². The van der Waals surface area contributed by atoms with Crippen molar-refractivity contribution in [2.75, 3.05) is 45.3 Å². The van der Waals surface area contributed by atoms with Gasteiger partial charge in [-0.05, 0) is 35.7 Å². The van der Waals surface area contributed by atoms with Crippen molar-refractivity contribution in [2.45, 2.75) is 23.9 Å². The highest BCUT2D eigenvalue weighted by molar-refractivity contribution is 7.89. The van der Waals surface area contributed by atoms with Crippen LogP contribution >= 0.6 is 0 Å². The molecule has 9 nitrogen and oxygen atoms in total. The van der Waals surface area contributed by atoms with Crippen LogP contribution in [0.25, 0.3) is 0 Å². The van der Waals surface area contributed by atoms with Crippen molar-refractivity contribution in [1.29, 1.82) is 0 Å². The van der Waals surface area contributed by atoms with Crippen molar-refractivity contribution >= 4 is 27.6 Å². The molecule has 4 rings (SSSR count). The molecule has 1 atom stereocenters. The lowest BCUT2D eigenvalue weighted by Crippen LogP contribution is -2.49. The van der Waals surface area contributed by atoms with E-state index in [1.807, 2.05) is 24.3 Å². The Labute approximate surface area is 193 Å². The third kappa shape index (κ3) is 5.25. The maximum absolute atomic E-state index is 12.9. The minimum absolute atomic E-state index is 0.0332. The number of methoxy groups -OCH3 is 1. The molecular weight excluding hydrogens is 446 g/mol. The summed E-state index contributed by atoms with van der Waals surface area (Å²) >= 11 is 0. The average molecular weight is 474 g/mol. The van der Waals surface area contributed by atoms with Gasteiger partial charge in [-0.3, -0.25) is 14.5 Å². The largest absolute Gasteiger partial charge is 0.468 e. The SMILES string of the molecule is COC(=O)[C@@H]1Cc2ccccc2CN1CC(=O)Nc1cccc(S(=O)(=O)N2CCOCC2)c1. The zero-order valence-corrected chi connectivity index (χ0v) is 19.2. The van der Waals surface area contributed by atoms with Gasteiger partial charge in [0, 0.05) is 25.3 Å². The van der Waals surface area contributed by atoms with Gasteiger partial charge >= 0.3 is 5.97 Å². The Morgan fingerprint density at radius 1 is 1.09 bits per heavy atom. The highest BCUT2D eigenvalue weighted by atomic mass is 32.2. The number of anilines is 1. The van der Waals surface area contributed by atoms with Crippen LogP contribution in [-0.2, 0) is 42.1 Å². The number of carbonyl (C=O) groups excluding carboxylic acids is 2. The van der Waals surface area contributed by atoms with Gasteiger partial charge in [0.25, 0.3) is 0 Å². The molecule has 33 heavy (non-hydrogen) atoms. The van der Waals surface area contributed by atoms with Crippen LogP contribution in [0.4, 0.5) is 5.69 Å². The molecule has 0 aliphatic carbocycles. The normalized spacial score (nSPS) is 19.5. The van der Waals surface area contributed by atoms with Crippen molar-refractivity contribution in [3.05, 3.63) is 59.7 Å². The lowest BCUT2D eigenvalue weighted by atomic mass is 9.94. The number of fused-ring (bicyclic) bond motifs is 1. The molecule has 0 saturated carbocycles. The number of ether oxygens (including phenoxy) is 2. The summed E-state index contributed by atoms with van der Waals surface area (Å²) in [7, 11) is -2.34. The summed E-state index contributed by atoms with van der Waals surface area (Å²) in [5.74, 6) is -0.736. The fraction of sp³-hybridized carbons (Fsp3) is 0.391. The Balaban J connectivity index is 1.47. The molecule has 176 valence electrons. The number of morpholine rings is 1. The lowest BCUT2D eigenvalue weighted by molar-refractivity contribution is -0.148. The van der Waals surface area contributed by atoms with Gasteiger partial charge in [0.2, 0.25) is 15.9 Å². The second-order valence-electron chi connectivity index (χ2n) is 8.01. The molecule has 1 fully saturated rings. The molecule has 2 aromatic rings. The Bertz CT molecular complexity index is 1130. The van der Waals surface area contributed by atoms with E-state index in [4.69, 9.17) is 9.47 Å². The van der Waals surface area contributed by atoms with Crippen molar-refractivity contribution in [3.63, 3.8) is 0 Å². The number of amides is 1. The summed E-state index contributed by atoms with van der Waals surface area (Å²) in [5, 5.41) is 2.77. The summed E-state index contributed by atoms with van der Waals surface area (Å²) < 4.78 is 37.4. The van der Waals surface area contributed by atoms with Gasteiger partial charge in [0.05, 0.1) is 31.8 Å². The third-order valence-corrected chi connectivity index (χ3v) is 7.79. The number of nitrogens with one attached hydrogen (secondary N) is 1. The smallest absolute Gasteiger partial charge is 0.323 e. The highest BCUT2D eigenvalue weighted by Gasteiger charge is 2.33. The van der Waals surface area contributed by atoms with Crippen molar-refractivity contribution in [3.8, 4) is 0 Å². The zero-order chi connectivity index (χ0) is 23.4. The molecule has 1 N–H and O–H groups in total. The van der Waals surface area contributed by atoms with Crippen LogP contribution in [0.15, 0.2) is 53.4 Å². The van der Waals surface area contributed by atoms with E-state index in [0.29, 0.717) is 45.0 Å². The van der Waals surface area contributed by atoms with Crippen LogP contribution < -0.4 is 5.32 Å². The van der Waals surface area contributed by atoms with E-state index in [-0.39, 0.29) is 17.3 Å². The first kappa shape index (κ1) is 23.4. The molecule has 2 aliphatic heterocycles. The summed E-state index contributed by atoms with van der Waals surface area (Å²) in [4.78, 5) is 27.1. The van der Waals surface area contributed by atoms with Gasteiger partial charge in [-0.25, -0.2) is 8.42 Å². The topological polar surface area (TPSA) is 105 Å². The fourth-order valence-electron chi connectivity index (χ4n) is 4.17. The van der Waals surface area contributed by atoms with Crippen molar-refractivity contribution < 1.29 is 27.5 Å². The number of esters is 1. The van der Waals surface area contributed by atoms with Gasteiger partial charge in [-0.2, -0.15) is 4.31 Å². The van der Waals surface area contributed by atoms with Crippen LogP contribution in [0.1, 0.15) is 11.1 Å². The first-order valence-corrected chi connectivity index (χ1v) is 12.2. The average Bonchev–Trinajstić information content (AvgIpc) is 2.83. The summed E-state index contributed by atoms with van der Waals surface area (Å²) in [6.07, 6.45) is 0.462. The summed E-state index contributed by atoms with van der Waals surface area (Å²) in [5.41, 5.74) is 2.50. The quantitative estimate of drug-likeness (QED) is 0.630. The second kappa shape index (κ2) is 10.0. The summed E-state index contributed by atoms with van der Waals surface area (Å²) in [6, 6.07) is 13.4. The zero-order valence-electron chi connectivity index (χ0n) is 18.4. The highest BCUT2D eigenvalue weighted by Crippen LogP contribution is 2.25. The Hall–Kier alpha value is -2.79. The molecule has 0 aromatic heterocycles. The first-order valence-electron chi connectivity index (χ1n) is 10.7. The monoisotopic (exact) mass is 473 g/mol. The maximum Gasteiger partial charge on any atom is 0.323 e. The van der Waals surface area contributed by atoms with Crippen LogP contribution in [0.2, 0.25) is 0 Å². The Morgan fingerprint density at radius 3 is 2.55 bits per heavy atom. The van der Waals surface area contributed by atoms with E-state index in [2.05, 4.69) is 5.32 Å². The molecule has 1 saturated heterocycles. The first-order chi connectivity index (χ1) is 15.9. The molecule has 2 aliphatic rings. The number of sulfonamides is 1. The van der Waals surface area contributed by atoms with E-state index in [9.17, 15) is 18.0 Å². The van der Waals surface area contributed by atoms with E-state index in [1.54, 1.807) is 17.0 Å². The molecule has 0 radical (unpaired) electrons. The number of hydrogen-bond donors (Lipinski definition) is 1. The number of benzene rings is 2. The van der Waals surface area contributed by atoms with E-state index >= 15 is 0 Å². The predicted molar refractivity (Wildman–Crippen MR) is 121 cm³/mol. The molecule has 1 amide bonds. The molecule has 10 heteroatoms. The van der Waals surface area contributed by atoms with Crippen LogP contribution in [0.5, 0.6) is 0 Å². The standard InChI is InChI=1S/C23H27N3O6S/c1-31-23(28)21-13-17-5-2-3-6-18(17)15-25(21)16-22(27)24-19-7-4-8-20(14-19)33(29,30)26-9-11-32-12-10-26/h2-8,14,21H,9-13,15-16H2,1H3,(H,24,27)/t21-/m0/s1. The minimum atomic E-state index is -3.67. The predicted octanol–water partition coefficient (Wildman–Crippen LogP) is 1.25. The van der Waals surface area contributed by atoms with Gasteiger partial charge in [-0.15, -0.1) is 0 Å². The maximum atomic E-state index is 12.9. The van der Waals surface area contributed by atoms with Crippen molar-refractivity contribution in [1.82, 2.24) is 9.21 Å². The lowest BCUT2D eigenvalue weighted by Gasteiger charge is -2.34. The van der Waals surface area contributed by atoms with Crippen LogP contribution in [0.3, 0.4) is 0 Å². The molecule has 0 spiro atoms.